The second-order valence-corrected chi connectivity index (χ2v) is 7.30. The van der Waals surface area contributed by atoms with Gasteiger partial charge in [0.1, 0.15) is 0 Å². The van der Waals surface area contributed by atoms with Crippen LogP contribution < -0.4 is 5.56 Å². The average molecular weight is 319 g/mol. The molecule has 1 saturated carbocycles. The molecule has 0 radical (unpaired) electrons. The number of aromatic carboxylic acids is 1. The molecular formula is C17H21NO3S. The predicted octanol–water partition coefficient (Wildman–Crippen LogP) is 4.19. The zero-order valence-electron chi connectivity index (χ0n) is 12.8. The summed E-state index contributed by atoms with van der Waals surface area (Å²) in [6.07, 6.45) is 8.36. The van der Waals surface area contributed by atoms with E-state index in [1.807, 2.05) is 0 Å². The van der Waals surface area contributed by atoms with Gasteiger partial charge in [-0.05, 0) is 49.5 Å². The topological polar surface area (TPSA) is 70.2 Å². The number of carboxylic acid groups (broad SMARTS) is 1. The maximum atomic E-state index is 11.8. The molecular weight excluding hydrogens is 298 g/mol. The number of nitrogens with one attached hydrogen (secondary N) is 1. The fraction of sp³-hybridized carbons (Fsp3) is 0.529. The first-order valence-corrected chi connectivity index (χ1v) is 8.79. The summed E-state index contributed by atoms with van der Waals surface area (Å²) in [5.41, 5.74) is 2.02. The molecule has 0 aromatic carbocycles. The number of carbonyl (C=O) groups is 1. The first-order valence-electron chi connectivity index (χ1n) is 7.91. The molecule has 2 aromatic rings. The van der Waals surface area contributed by atoms with Crippen LogP contribution in [-0.2, 0) is 6.42 Å². The third kappa shape index (κ3) is 2.95. The Morgan fingerprint density at radius 1 is 1.41 bits per heavy atom. The number of aromatic amines is 1. The van der Waals surface area contributed by atoms with E-state index in [9.17, 15) is 14.7 Å². The number of aromatic nitrogens is 1. The van der Waals surface area contributed by atoms with E-state index >= 15 is 0 Å². The molecule has 22 heavy (non-hydrogen) atoms. The van der Waals surface area contributed by atoms with Crippen molar-refractivity contribution < 1.29 is 9.90 Å². The number of hydrogen-bond donors (Lipinski definition) is 2. The van der Waals surface area contributed by atoms with Crippen LogP contribution in [-0.4, -0.2) is 16.1 Å². The van der Waals surface area contributed by atoms with E-state index in [1.54, 1.807) is 11.4 Å². The molecule has 2 heterocycles. The Balaban J connectivity index is 1.79. The van der Waals surface area contributed by atoms with Crippen molar-refractivity contribution in [1.82, 2.24) is 4.98 Å². The van der Waals surface area contributed by atoms with E-state index in [0.717, 1.165) is 23.1 Å². The summed E-state index contributed by atoms with van der Waals surface area (Å²) in [7, 11) is 0. The van der Waals surface area contributed by atoms with E-state index < -0.39 is 5.97 Å². The molecule has 4 nitrogen and oxygen atoms in total. The van der Waals surface area contributed by atoms with Gasteiger partial charge in [0, 0.05) is 11.4 Å². The number of carboxylic acids is 1. The van der Waals surface area contributed by atoms with Gasteiger partial charge in [-0.1, -0.05) is 13.3 Å². The van der Waals surface area contributed by atoms with Crippen LogP contribution in [0.3, 0.4) is 0 Å². The number of H-pyrrole nitrogens is 1. The quantitative estimate of drug-likeness (QED) is 0.804. The highest BCUT2D eigenvalue weighted by atomic mass is 32.1. The first kappa shape index (κ1) is 15.3. The molecule has 2 N–H and O–H groups in total. The first-order chi connectivity index (χ1) is 10.5. The lowest BCUT2D eigenvalue weighted by Crippen LogP contribution is -2.08. The number of aryl methyl sites for hydroxylation is 1. The van der Waals surface area contributed by atoms with Crippen molar-refractivity contribution in [1.29, 1.82) is 0 Å². The molecule has 0 unspecified atom stereocenters. The Morgan fingerprint density at radius 2 is 2.18 bits per heavy atom. The fourth-order valence-corrected chi connectivity index (χ4v) is 4.48. The van der Waals surface area contributed by atoms with Gasteiger partial charge in [0.25, 0.3) is 0 Å². The molecule has 1 fully saturated rings. The molecule has 2 aromatic heterocycles. The lowest BCUT2D eigenvalue weighted by molar-refractivity contribution is 0.0699. The Hall–Kier alpha value is -1.62. The highest BCUT2D eigenvalue weighted by Gasteiger charge is 2.40. The summed E-state index contributed by atoms with van der Waals surface area (Å²) in [4.78, 5) is 25.7. The SMILES string of the molecule is CCCC1(CCCc2cc(=O)[nH]c3c(C(=O)O)csc23)CC1. The molecule has 0 spiro atoms. The highest BCUT2D eigenvalue weighted by molar-refractivity contribution is 7.17. The summed E-state index contributed by atoms with van der Waals surface area (Å²) in [5, 5.41) is 10.8. The Kier molecular flexibility index (Phi) is 4.08. The second-order valence-electron chi connectivity index (χ2n) is 6.42. The van der Waals surface area contributed by atoms with Crippen LogP contribution >= 0.6 is 11.3 Å². The van der Waals surface area contributed by atoms with Crippen LogP contribution in [0.15, 0.2) is 16.2 Å². The van der Waals surface area contributed by atoms with Gasteiger partial charge < -0.3 is 10.1 Å². The van der Waals surface area contributed by atoms with Crippen molar-refractivity contribution in [2.75, 3.05) is 0 Å². The number of rotatable bonds is 7. The van der Waals surface area contributed by atoms with Crippen molar-refractivity contribution in [3.63, 3.8) is 0 Å². The zero-order chi connectivity index (χ0) is 15.7. The Labute approximate surface area is 133 Å². The molecule has 1 aliphatic carbocycles. The van der Waals surface area contributed by atoms with E-state index in [1.165, 1.54) is 43.4 Å². The van der Waals surface area contributed by atoms with Crippen LogP contribution in [0.1, 0.15) is 61.4 Å². The van der Waals surface area contributed by atoms with Gasteiger partial charge in [0.05, 0.1) is 15.8 Å². The smallest absolute Gasteiger partial charge is 0.338 e. The molecule has 1 aliphatic rings. The van der Waals surface area contributed by atoms with Crippen molar-refractivity contribution >= 4 is 27.5 Å². The van der Waals surface area contributed by atoms with Crippen molar-refractivity contribution in [3.05, 3.63) is 32.9 Å². The lowest BCUT2D eigenvalue weighted by Gasteiger charge is -2.13. The predicted molar refractivity (Wildman–Crippen MR) is 88.9 cm³/mol. The third-order valence-electron chi connectivity index (χ3n) is 4.76. The van der Waals surface area contributed by atoms with Gasteiger partial charge in [-0.2, -0.15) is 0 Å². The minimum Gasteiger partial charge on any atom is -0.478 e. The molecule has 118 valence electrons. The lowest BCUT2D eigenvalue weighted by atomic mass is 9.93. The van der Waals surface area contributed by atoms with Crippen molar-refractivity contribution in [2.45, 2.75) is 51.9 Å². The van der Waals surface area contributed by atoms with Crippen molar-refractivity contribution in [2.24, 2.45) is 5.41 Å². The fourth-order valence-electron chi connectivity index (χ4n) is 3.43. The van der Waals surface area contributed by atoms with Gasteiger partial charge in [0.2, 0.25) is 5.56 Å². The maximum absolute atomic E-state index is 11.8. The Morgan fingerprint density at radius 3 is 2.82 bits per heavy atom. The number of hydrogen-bond acceptors (Lipinski definition) is 3. The van der Waals surface area contributed by atoms with E-state index in [2.05, 4.69) is 11.9 Å². The van der Waals surface area contributed by atoms with Crippen LogP contribution in [0.25, 0.3) is 10.2 Å². The van der Waals surface area contributed by atoms with E-state index in [-0.39, 0.29) is 11.1 Å². The number of pyridine rings is 1. The molecule has 0 amide bonds. The Bertz CT molecular complexity index is 755. The summed E-state index contributed by atoms with van der Waals surface area (Å²) in [6.45, 7) is 2.24. The van der Waals surface area contributed by atoms with E-state index in [0.29, 0.717) is 10.9 Å². The van der Waals surface area contributed by atoms with Gasteiger partial charge >= 0.3 is 5.97 Å². The van der Waals surface area contributed by atoms with Crippen LogP contribution in [0.5, 0.6) is 0 Å². The van der Waals surface area contributed by atoms with Crippen LogP contribution in [0.2, 0.25) is 0 Å². The molecule has 5 heteroatoms. The minimum absolute atomic E-state index is 0.198. The minimum atomic E-state index is -0.987. The van der Waals surface area contributed by atoms with Crippen LogP contribution in [0, 0.1) is 5.41 Å². The normalized spacial score (nSPS) is 16.0. The van der Waals surface area contributed by atoms with Gasteiger partial charge in [-0.25, -0.2) is 4.79 Å². The zero-order valence-corrected chi connectivity index (χ0v) is 13.6. The molecule has 3 rings (SSSR count). The van der Waals surface area contributed by atoms with Crippen molar-refractivity contribution in [3.8, 4) is 0 Å². The largest absolute Gasteiger partial charge is 0.478 e. The second kappa shape index (κ2) is 5.88. The monoisotopic (exact) mass is 319 g/mol. The standard InChI is InChI=1S/C17H21NO3S/c1-2-5-17(7-8-17)6-3-4-11-9-13(19)18-14-12(16(20)21)10-22-15(11)14/h9-10H,2-8H2,1H3,(H,18,19)(H,20,21). The summed E-state index contributed by atoms with van der Waals surface area (Å²) in [6, 6.07) is 1.63. The number of fused-ring (bicyclic) bond motifs is 1. The summed E-state index contributed by atoms with van der Waals surface area (Å²) < 4.78 is 0.914. The molecule has 0 bridgehead atoms. The van der Waals surface area contributed by atoms with Gasteiger partial charge in [-0.15, -0.1) is 11.3 Å². The van der Waals surface area contributed by atoms with Crippen LogP contribution in [0.4, 0.5) is 0 Å². The maximum Gasteiger partial charge on any atom is 0.338 e. The average Bonchev–Trinajstić information content (AvgIpc) is 3.08. The van der Waals surface area contributed by atoms with E-state index in [4.69, 9.17) is 0 Å². The molecule has 0 atom stereocenters. The molecule has 0 saturated heterocycles. The highest BCUT2D eigenvalue weighted by Crippen LogP contribution is 2.53. The third-order valence-corrected chi connectivity index (χ3v) is 5.81. The summed E-state index contributed by atoms with van der Waals surface area (Å²) >= 11 is 1.41. The summed E-state index contributed by atoms with van der Waals surface area (Å²) in [5.74, 6) is -0.987. The van der Waals surface area contributed by atoms with Gasteiger partial charge in [-0.3, -0.25) is 4.79 Å². The molecule has 0 aliphatic heterocycles. The van der Waals surface area contributed by atoms with Gasteiger partial charge in [0.15, 0.2) is 0 Å². The number of thiophene rings is 1.